The van der Waals surface area contributed by atoms with Gasteiger partial charge in [0, 0.05) is 5.41 Å². The van der Waals surface area contributed by atoms with E-state index in [1.54, 1.807) is 7.11 Å². The highest BCUT2D eigenvalue weighted by Gasteiger charge is 2.54. The Labute approximate surface area is 208 Å². The standard InChI is InChI=1S/C27H34ClNOS.C2H6/c1-6-21-13-23(14-24(28)25(21)30-4)26(2,3)22-11-9-19(10-12-22)7-8-20-15-27(16-20)17-31(5,29)18-27;1-2/h1,9-14,20H,7-8,15-18,29H2,2-5H3;1-2H3. The molecule has 1 saturated heterocycles. The molecular formula is C29H40ClNOS. The van der Waals surface area contributed by atoms with E-state index in [9.17, 15) is 0 Å². The van der Waals surface area contributed by atoms with Crippen LogP contribution in [-0.4, -0.2) is 24.9 Å². The third kappa shape index (κ3) is 5.40. The Balaban J connectivity index is 0.00000149. The van der Waals surface area contributed by atoms with Crippen LogP contribution in [0.15, 0.2) is 36.4 Å². The number of benzene rings is 2. The minimum absolute atomic E-state index is 0.207. The molecule has 0 bridgehead atoms. The van der Waals surface area contributed by atoms with Crippen LogP contribution < -0.4 is 9.88 Å². The van der Waals surface area contributed by atoms with Gasteiger partial charge in [-0.1, -0.05) is 69.5 Å². The van der Waals surface area contributed by atoms with E-state index in [0.29, 0.717) is 21.8 Å². The van der Waals surface area contributed by atoms with Crippen LogP contribution in [0.1, 0.15) is 69.2 Å². The maximum Gasteiger partial charge on any atom is 0.153 e. The van der Waals surface area contributed by atoms with Crippen molar-refractivity contribution in [2.75, 3.05) is 24.9 Å². The molecule has 33 heavy (non-hydrogen) atoms. The smallest absolute Gasteiger partial charge is 0.153 e. The molecule has 0 atom stereocenters. The normalized spacial score (nSPS) is 27.8. The zero-order valence-electron chi connectivity index (χ0n) is 21.1. The maximum atomic E-state index is 6.45. The van der Waals surface area contributed by atoms with Crippen molar-refractivity contribution < 1.29 is 4.74 Å². The van der Waals surface area contributed by atoms with Gasteiger partial charge in [0.05, 0.1) is 17.7 Å². The number of terminal acetylenes is 1. The average Bonchev–Trinajstić information content (AvgIpc) is 2.75. The molecule has 2 aromatic carbocycles. The van der Waals surface area contributed by atoms with Crippen molar-refractivity contribution in [2.24, 2.45) is 16.5 Å². The monoisotopic (exact) mass is 485 g/mol. The highest BCUT2D eigenvalue weighted by molar-refractivity contribution is 8.32. The van der Waals surface area contributed by atoms with Crippen LogP contribution in [0.3, 0.4) is 0 Å². The van der Waals surface area contributed by atoms with Crippen molar-refractivity contribution in [3.63, 3.8) is 0 Å². The van der Waals surface area contributed by atoms with Gasteiger partial charge in [-0.05, 0) is 83.6 Å². The third-order valence-corrected chi connectivity index (χ3v) is 10.2. The molecule has 2 fully saturated rings. The summed E-state index contributed by atoms with van der Waals surface area (Å²) in [6.45, 7) is 8.42. The molecule has 1 aliphatic heterocycles. The fraction of sp³-hybridized carbons (Fsp3) is 0.517. The number of nitrogens with two attached hydrogens (primary N) is 1. The van der Waals surface area contributed by atoms with Crippen LogP contribution in [0.5, 0.6) is 5.75 Å². The second kappa shape index (κ2) is 9.95. The zero-order valence-corrected chi connectivity index (χ0v) is 22.7. The van der Waals surface area contributed by atoms with Gasteiger partial charge in [-0.25, -0.2) is 0 Å². The quantitative estimate of drug-likeness (QED) is 0.434. The van der Waals surface area contributed by atoms with E-state index >= 15 is 0 Å². The maximum absolute atomic E-state index is 6.45. The summed E-state index contributed by atoms with van der Waals surface area (Å²) in [4.78, 5) is 0. The minimum Gasteiger partial charge on any atom is -0.494 e. The lowest BCUT2D eigenvalue weighted by Crippen LogP contribution is -2.55. The molecule has 1 aliphatic carbocycles. The summed E-state index contributed by atoms with van der Waals surface area (Å²) in [6.07, 6.45) is 13.2. The largest absolute Gasteiger partial charge is 0.494 e. The van der Waals surface area contributed by atoms with Crippen molar-refractivity contribution >= 4 is 21.8 Å². The van der Waals surface area contributed by atoms with E-state index in [1.165, 1.54) is 41.9 Å². The van der Waals surface area contributed by atoms with Crippen molar-refractivity contribution in [1.82, 2.24) is 0 Å². The fourth-order valence-corrected chi connectivity index (χ4v) is 9.34. The molecule has 2 aliphatic rings. The van der Waals surface area contributed by atoms with Crippen molar-refractivity contribution in [3.05, 3.63) is 63.7 Å². The van der Waals surface area contributed by atoms with Gasteiger partial charge < -0.3 is 4.74 Å². The summed E-state index contributed by atoms with van der Waals surface area (Å²) in [5.41, 5.74) is 4.88. The molecule has 180 valence electrons. The molecule has 2 nitrogen and oxygen atoms in total. The van der Waals surface area contributed by atoms with Crippen LogP contribution in [0.4, 0.5) is 0 Å². The molecule has 2 N–H and O–H groups in total. The minimum atomic E-state index is -0.720. The second-order valence-electron chi connectivity index (χ2n) is 10.5. The lowest BCUT2D eigenvalue weighted by atomic mass is 9.62. The van der Waals surface area contributed by atoms with E-state index in [0.717, 1.165) is 17.9 Å². The van der Waals surface area contributed by atoms with Gasteiger partial charge in [-0.2, -0.15) is 10.2 Å². The van der Waals surface area contributed by atoms with Crippen LogP contribution in [0, 0.1) is 23.7 Å². The van der Waals surface area contributed by atoms with Crippen molar-refractivity contribution in [2.45, 2.75) is 58.8 Å². The number of ether oxygens (including phenoxy) is 1. The first kappa shape index (κ1) is 26.0. The van der Waals surface area contributed by atoms with Crippen LogP contribution in [-0.2, 0) is 11.8 Å². The van der Waals surface area contributed by atoms with E-state index in [-0.39, 0.29) is 5.41 Å². The first-order chi connectivity index (χ1) is 15.6. The van der Waals surface area contributed by atoms with Crippen molar-refractivity contribution in [3.8, 4) is 18.1 Å². The Morgan fingerprint density at radius 1 is 1.15 bits per heavy atom. The van der Waals surface area contributed by atoms with Gasteiger partial charge in [0.15, 0.2) is 5.75 Å². The molecule has 0 amide bonds. The molecule has 0 radical (unpaired) electrons. The van der Waals surface area contributed by atoms with Gasteiger partial charge >= 0.3 is 0 Å². The molecule has 0 unspecified atom stereocenters. The Bertz CT molecular complexity index is 1000. The van der Waals surface area contributed by atoms with Crippen LogP contribution in [0.2, 0.25) is 5.02 Å². The number of hydrogen-bond donors (Lipinski definition) is 1. The predicted molar refractivity (Wildman–Crippen MR) is 147 cm³/mol. The van der Waals surface area contributed by atoms with Gasteiger partial charge in [-0.3, -0.25) is 5.14 Å². The van der Waals surface area contributed by atoms with E-state index in [1.807, 2.05) is 26.0 Å². The first-order valence-electron chi connectivity index (χ1n) is 12.0. The topological polar surface area (TPSA) is 35.2 Å². The fourth-order valence-electron chi connectivity index (χ4n) is 5.86. The Hall–Kier alpha value is -1.60. The zero-order chi connectivity index (χ0) is 24.4. The molecule has 1 heterocycles. The lowest BCUT2D eigenvalue weighted by Gasteiger charge is -2.64. The summed E-state index contributed by atoms with van der Waals surface area (Å²) in [6, 6.07) is 13.0. The van der Waals surface area contributed by atoms with Gasteiger partial charge in [0.1, 0.15) is 0 Å². The summed E-state index contributed by atoms with van der Waals surface area (Å²) < 4.78 is 5.37. The molecule has 0 aromatic heterocycles. The number of hydrogen-bond acceptors (Lipinski definition) is 2. The van der Waals surface area contributed by atoms with Crippen LogP contribution >= 0.6 is 21.8 Å². The van der Waals surface area contributed by atoms with E-state index in [2.05, 4.69) is 50.3 Å². The number of halogens is 1. The van der Waals surface area contributed by atoms with Gasteiger partial charge in [0.25, 0.3) is 0 Å². The highest BCUT2D eigenvalue weighted by atomic mass is 35.5. The average molecular weight is 486 g/mol. The second-order valence-corrected chi connectivity index (χ2v) is 14.1. The number of methoxy groups -OCH3 is 1. The molecule has 2 aromatic rings. The molecule has 4 rings (SSSR count). The predicted octanol–water partition coefficient (Wildman–Crippen LogP) is 7.33. The van der Waals surface area contributed by atoms with Gasteiger partial charge in [0.2, 0.25) is 0 Å². The van der Waals surface area contributed by atoms with E-state index < -0.39 is 10.2 Å². The SMILES string of the molecule is C#Cc1cc(C(C)(C)c2ccc(CCC3CC4(C3)CS(C)(N)C4)cc2)cc(Cl)c1OC.CC. The molecular weight excluding hydrogens is 446 g/mol. The van der Waals surface area contributed by atoms with E-state index in [4.69, 9.17) is 27.9 Å². The molecule has 1 spiro atoms. The summed E-state index contributed by atoms with van der Waals surface area (Å²) in [5.74, 6) is 6.76. The van der Waals surface area contributed by atoms with Crippen molar-refractivity contribution in [1.29, 1.82) is 0 Å². The molecule has 1 saturated carbocycles. The Morgan fingerprint density at radius 3 is 2.27 bits per heavy atom. The third-order valence-electron chi connectivity index (χ3n) is 7.36. The number of aryl methyl sites for hydroxylation is 1. The number of rotatable bonds is 6. The Morgan fingerprint density at radius 2 is 1.76 bits per heavy atom. The Kier molecular flexibility index (Phi) is 7.84. The van der Waals surface area contributed by atoms with Crippen LogP contribution in [0.25, 0.3) is 0 Å². The lowest BCUT2D eigenvalue weighted by molar-refractivity contribution is 0.0851. The molecule has 4 heteroatoms. The summed E-state index contributed by atoms with van der Waals surface area (Å²) in [7, 11) is 0.875. The highest BCUT2D eigenvalue weighted by Crippen LogP contribution is 2.67. The first-order valence-corrected chi connectivity index (χ1v) is 14.9. The summed E-state index contributed by atoms with van der Waals surface area (Å²) >= 11 is 6.45. The van der Waals surface area contributed by atoms with Gasteiger partial charge in [-0.15, -0.1) is 6.42 Å². The summed E-state index contributed by atoms with van der Waals surface area (Å²) in [5, 5.41) is 6.86.